The molecule has 0 saturated carbocycles. The third-order valence-electron chi connectivity index (χ3n) is 2.15. The minimum atomic E-state index is -3.59. The van der Waals surface area contributed by atoms with Crippen molar-refractivity contribution in [1.82, 2.24) is 15.0 Å². The predicted octanol–water partition coefficient (Wildman–Crippen LogP) is 2.05. The highest BCUT2D eigenvalue weighted by Gasteiger charge is 2.21. The lowest BCUT2D eigenvalue weighted by molar-refractivity contribution is 0.484. The van der Waals surface area contributed by atoms with Crippen molar-refractivity contribution in [3.63, 3.8) is 0 Å². The predicted molar refractivity (Wildman–Crippen MR) is 63.0 cm³/mol. The molecule has 92 valence electrons. The highest BCUT2D eigenvalue weighted by atomic mass is 35.7. The molecular weight excluding hydrogens is 250 g/mol. The van der Waals surface area contributed by atoms with Crippen LogP contribution >= 0.6 is 10.7 Å². The molecule has 0 aliphatic heterocycles. The van der Waals surface area contributed by atoms with Gasteiger partial charge in [0, 0.05) is 16.7 Å². The van der Waals surface area contributed by atoms with Crippen molar-refractivity contribution < 1.29 is 8.42 Å². The monoisotopic (exact) mass is 265 g/mol. The number of hydrogen-bond donors (Lipinski definition) is 0. The van der Waals surface area contributed by atoms with E-state index in [1.807, 2.05) is 27.7 Å². The third kappa shape index (κ3) is 3.18. The van der Waals surface area contributed by atoms with Gasteiger partial charge in [-0.3, -0.25) is 0 Å². The van der Waals surface area contributed by atoms with E-state index in [4.69, 9.17) is 10.7 Å². The second-order valence-electron chi connectivity index (χ2n) is 4.30. The fraction of sp³-hybridized carbons (Fsp3) is 0.778. The Bertz CT molecular complexity index is 465. The van der Waals surface area contributed by atoms with Gasteiger partial charge >= 0.3 is 0 Å². The molecule has 0 aliphatic rings. The van der Waals surface area contributed by atoms with Crippen molar-refractivity contribution in [1.29, 1.82) is 0 Å². The minimum absolute atomic E-state index is 0.150. The van der Waals surface area contributed by atoms with E-state index >= 15 is 0 Å². The van der Waals surface area contributed by atoms with Crippen LogP contribution < -0.4 is 0 Å². The summed E-state index contributed by atoms with van der Waals surface area (Å²) in [5.41, 5.74) is 1.28. The van der Waals surface area contributed by atoms with E-state index in [1.165, 1.54) is 0 Å². The third-order valence-corrected chi connectivity index (χ3v) is 3.09. The van der Waals surface area contributed by atoms with Crippen molar-refractivity contribution >= 4 is 19.7 Å². The van der Waals surface area contributed by atoms with Crippen molar-refractivity contribution in [2.75, 3.05) is 0 Å². The van der Waals surface area contributed by atoms with Gasteiger partial charge in [0.05, 0.1) is 5.69 Å². The first-order valence-corrected chi connectivity index (χ1v) is 7.56. The Morgan fingerprint density at radius 1 is 1.31 bits per heavy atom. The average Bonchev–Trinajstić information content (AvgIpc) is 2.44. The molecule has 1 aromatic rings. The maximum atomic E-state index is 11.0. The molecule has 0 spiro atoms. The molecule has 7 heteroatoms. The minimum Gasteiger partial charge on any atom is -0.246 e. The van der Waals surface area contributed by atoms with E-state index < -0.39 is 9.05 Å². The quantitative estimate of drug-likeness (QED) is 0.782. The maximum absolute atomic E-state index is 11.0. The van der Waals surface area contributed by atoms with Crippen LogP contribution in [0.15, 0.2) is 0 Å². The zero-order valence-electron chi connectivity index (χ0n) is 9.81. The molecular formula is C9H16ClN3O2S. The number of halogens is 1. The Balaban J connectivity index is 3.21. The van der Waals surface area contributed by atoms with Crippen LogP contribution in [0.4, 0.5) is 0 Å². The summed E-state index contributed by atoms with van der Waals surface area (Å²) >= 11 is 0. The van der Waals surface area contributed by atoms with Crippen LogP contribution in [-0.2, 0) is 14.8 Å². The molecule has 0 saturated heterocycles. The molecule has 16 heavy (non-hydrogen) atoms. The molecule has 1 aromatic heterocycles. The number of hydrogen-bond acceptors (Lipinski definition) is 4. The van der Waals surface area contributed by atoms with E-state index in [0.29, 0.717) is 5.69 Å². The van der Waals surface area contributed by atoms with Crippen LogP contribution in [0.2, 0.25) is 0 Å². The molecule has 0 amide bonds. The van der Waals surface area contributed by atoms with E-state index in [-0.39, 0.29) is 17.7 Å². The van der Waals surface area contributed by atoms with Gasteiger partial charge in [0.25, 0.3) is 0 Å². The van der Waals surface area contributed by atoms with E-state index in [2.05, 4.69) is 10.3 Å². The van der Waals surface area contributed by atoms with Gasteiger partial charge in [-0.15, -0.1) is 5.10 Å². The van der Waals surface area contributed by atoms with Crippen LogP contribution in [0.25, 0.3) is 0 Å². The smallest absolute Gasteiger partial charge is 0.238 e. The summed E-state index contributed by atoms with van der Waals surface area (Å²) in [6.45, 7) is 7.89. The lowest BCUT2D eigenvalue weighted by atomic mass is 10.1. The van der Waals surface area contributed by atoms with Crippen LogP contribution in [0.5, 0.6) is 0 Å². The van der Waals surface area contributed by atoms with Crippen molar-refractivity contribution in [2.45, 2.75) is 45.4 Å². The standard InChI is InChI=1S/C9H16ClN3O2S/c1-6(2)9-8(5-16(10,14)15)11-12-13(9)7(3)4/h6-7H,5H2,1-4H3. The Kier molecular flexibility index (Phi) is 3.96. The Morgan fingerprint density at radius 2 is 1.88 bits per heavy atom. The molecule has 0 radical (unpaired) electrons. The number of nitrogens with zero attached hydrogens (tertiary/aromatic N) is 3. The van der Waals surface area contributed by atoms with Crippen LogP contribution in [0, 0.1) is 0 Å². The van der Waals surface area contributed by atoms with E-state index in [9.17, 15) is 8.42 Å². The van der Waals surface area contributed by atoms with E-state index in [0.717, 1.165) is 5.69 Å². The van der Waals surface area contributed by atoms with Gasteiger partial charge in [-0.25, -0.2) is 13.1 Å². The van der Waals surface area contributed by atoms with Crippen LogP contribution in [0.1, 0.15) is 51.0 Å². The first kappa shape index (κ1) is 13.4. The fourth-order valence-electron chi connectivity index (χ4n) is 1.58. The SMILES string of the molecule is CC(C)c1c(CS(=O)(=O)Cl)nnn1C(C)C. The molecule has 0 aromatic carbocycles. The molecule has 0 N–H and O–H groups in total. The second kappa shape index (κ2) is 4.71. The molecule has 0 bridgehead atoms. The number of aromatic nitrogens is 3. The molecule has 0 atom stereocenters. The summed E-state index contributed by atoms with van der Waals surface area (Å²) in [6.07, 6.45) is 0. The number of rotatable bonds is 4. The highest BCUT2D eigenvalue weighted by molar-refractivity contribution is 8.13. The maximum Gasteiger partial charge on any atom is 0.238 e. The fourth-order valence-corrected chi connectivity index (χ4v) is 2.42. The van der Waals surface area contributed by atoms with Crippen LogP contribution in [0.3, 0.4) is 0 Å². The highest BCUT2D eigenvalue weighted by Crippen LogP contribution is 2.23. The van der Waals surface area contributed by atoms with Gasteiger partial charge in [0.1, 0.15) is 11.4 Å². The average molecular weight is 266 g/mol. The Morgan fingerprint density at radius 3 is 2.25 bits per heavy atom. The van der Waals surface area contributed by atoms with Gasteiger partial charge in [0.2, 0.25) is 9.05 Å². The van der Waals surface area contributed by atoms with Gasteiger partial charge in [-0.1, -0.05) is 19.1 Å². The van der Waals surface area contributed by atoms with Gasteiger partial charge in [-0.05, 0) is 19.8 Å². The van der Waals surface area contributed by atoms with Crippen LogP contribution in [-0.4, -0.2) is 23.4 Å². The first-order valence-electron chi connectivity index (χ1n) is 5.08. The summed E-state index contributed by atoms with van der Waals surface area (Å²) in [6, 6.07) is 0.150. The molecule has 0 fully saturated rings. The second-order valence-corrected chi connectivity index (χ2v) is 7.07. The summed E-state index contributed by atoms with van der Waals surface area (Å²) in [4.78, 5) is 0. The van der Waals surface area contributed by atoms with Gasteiger partial charge < -0.3 is 0 Å². The lowest BCUT2D eigenvalue weighted by Gasteiger charge is -2.13. The van der Waals surface area contributed by atoms with Crippen molar-refractivity contribution in [3.8, 4) is 0 Å². The Hall–Kier alpha value is -0.620. The van der Waals surface area contributed by atoms with E-state index in [1.54, 1.807) is 4.68 Å². The van der Waals surface area contributed by atoms with Crippen molar-refractivity contribution in [2.24, 2.45) is 0 Å². The summed E-state index contributed by atoms with van der Waals surface area (Å²) < 4.78 is 23.8. The summed E-state index contributed by atoms with van der Waals surface area (Å²) in [7, 11) is 1.64. The topological polar surface area (TPSA) is 64.8 Å². The molecule has 5 nitrogen and oxygen atoms in total. The largest absolute Gasteiger partial charge is 0.246 e. The molecule has 1 heterocycles. The normalized spacial score (nSPS) is 12.7. The first-order chi connectivity index (χ1) is 7.22. The molecule has 1 rings (SSSR count). The molecule has 0 unspecified atom stereocenters. The zero-order valence-corrected chi connectivity index (χ0v) is 11.4. The molecule has 0 aliphatic carbocycles. The zero-order chi connectivity index (χ0) is 12.5. The van der Waals surface area contributed by atoms with Gasteiger partial charge in [0.15, 0.2) is 0 Å². The van der Waals surface area contributed by atoms with Gasteiger partial charge in [-0.2, -0.15) is 0 Å². The summed E-state index contributed by atoms with van der Waals surface area (Å²) in [5.74, 6) is -0.111. The van der Waals surface area contributed by atoms with Crippen molar-refractivity contribution in [3.05, 3.63) is 11.4 Å². The summed E-state index contributed by atoms with van der Waals surface area (Å²) in [5, 5.41) is 7.86. The Labute approximate surface area is 100 Å². The lowest BCUT2D eigenvalue weighted by Crippen LogP contribution is -2.10.